The number of hydrogen-bond acceptors (Lipinski definition) is 9. The Labute approximate surface area is 321 Å². The quantitative estimate of drug-likeness (QED) is 0.135. The number of benzene rings is 3. The predicted molar refractivity (Wildman–Crippen MR) is 202 cm³/mol. The largest absolute Gasteiger partial charge is 0.489 e. The van der Waals surface area contributed by atoms with Crippen molar-refractivity contribution < 1.29 is 46.4 Å². The van der Waals surface area contributed by atoms with Gasteiger partial charge < -0.3 is 44.5 Å². The maximum absolute atomic E-state index is 13.2. The molecule has 0 radical (unpaired) electrons. The average molecular weight is 786 g/mol. The molecule has 3 heterocycles. The number of ether oxygens (including phenoxy) is 5. The number of urea groups is 1. The molecule has 0 bridgehead atoms. The number of pyridine rings is 1. The van der Waals surface area contributed by atoms with Crippen LogP contribution in [-0.4, -0.2) is 72.6 Å². The highest BCUT2D eigenvalue weighted by atomic mass is 35.5. The summed E-state index contributed by atoms with van der Waals surface area (Å²) in [6.45, 7) is 11.2. The normalized spacial score (nSPS) is 15.6. The third kappa shape index (κ3) is 10.3. The molecule has 0 aliphatic carbocycles. The zero-order valence-corrected chi connectivity index (χ0v) is 31.7. The van der Waals surface area contributed by atoms with E-state index in [0.29, 0.717) is 65.2 Å². The van der Waals surface area contributed by atoms with E-state index in [9.17, 15) is 22.8 Å². The molecule has 3 N–H and O–H groups in total. The number of alkyl halides is 3. The standard InChI is InChI=1S/C39H43ClF3N5O7/c1-37(2,3)55-36(50)47-38(4)13-17-48(18-14-38)16-5-19-51-31-23-29-32(34-33(31)52-20-21-53-34)30(12-15-44-29)54-26-9-6-24(7-10-26)45-35(49)46-25-8-11-28(40)27(22-25)39(41,42)43/h6-12,15,22-23H,5,13-14,16-21H2,1-4H3,(H,47,50)(H2,45,46,49). The van der Waals surface area contributed by atoms with Crippen molar-refractivity contribution in [2.45, 2.75) is 64.3 Å². The first-order valence-corrected chi connectivity index (χ1v) is 18.2. The fourth-order valence-corrected chi connectivity index (χ4v) is 6.45. The Kier molecular flexibility index (Phi) is 11.7. The minimum atomic E-state index is -4.67. The molecule has 294 valence electrons. The van der Waals surface area contributed by atoms with Gasteiger partial charge in [0.15, 0.2) is 11.5 Å². The monoisotopic (exact) mass is 785 g/mol. The first-order chi connectivity index (χ1) is 26.0. The van der Waals surface area contributed by atoms with Crippen molar-refractivity contribution in [3.63, 3.8) is 0 Å². The van der Waals surface area contributed by atoms with Gasteiger partial charge in [-0.25, -0.2) is 9.59 Å². The molecule has 16 heteroatoms. The number of alkyl carbamates (subject to hydrolysis) is 1. The van der Waals surface area contributed by atoms with Crippen LogP contribution in [-0.2, 0) is 10.9 Å². The van der Waals surface area contributed by atoms with Crippen LogP contribution in [0.5, 0.6) is 28.7 Å². The fraction of sp³-hybridized carbons (Fsp3) is 0.410. The summed E-state index contributed by atoms with van der Waals surface area (Å²) >= 11 is 5.67. The Bertz CT molecular complexity index is 2020. The van der Waals surface area contributed by atoms with Crippen molar-refractivity contribution in [3.8, 4) is 28.7 Å². The molecule has 0 unspecified atom stereocenters. The third-order valence-electron chi connectivity index (χ3n) is 8.95. The Hall–Kier alpha value is -5.15. The van der Waals surface area contributed by atoms with Crippen LogP contribution >= 0.6 is 11.6 Å². The second kappa shape index (κ2) is 16.3. The van der Waals surface area contributed by atoms with E-state index in [-0.39, 0.29) is 11.2 Å². The predicted octanol–water partition coefficient (Wildman–Crippen LogP) is 9.26. The Morgan fingerprint density at radius 2 is 1.60 bits per heavy atom. The highest BCUT2D eigenvalue weighted by Gasteiger charge is 2.34. The van der Waals surface area contributed by atoms with Gasteiger partial charge in [0.05, 0.1) is 28.1 Å². The van der Waals surface area contributed by atoms with Gasteiger partial charge in [0.2, 0.25) is 5.75 Å². The van der Waals surface area contributed by atoms with Gasteiger partial charge >= 0.3 is 18.3 Å². The molecule has 1 fully saturated rings. The number of rotatable bonds is 10. The van der Waals surface area contributed by atoms with E-state index in [2.05, 4.69) is 32.8 Å². The molecule has 2 aliphatic rings. The molecule has 4 aromatic rings. The van der Waals surface area contributed by atoms with Crippen LogP contribution in [0.2, 0.25) is 5.02 Å². The SMILES string of the molecule is CC1(NC(=O)OC(C)(C)C)CCN(CCCOc2cc3nccc(Oc4ccc(NC(=O)Nc5ccc(Cl)c(C(F)(F)F)c5)cc4)c3c3c2OCCO3)CC1. The van der Waals surface area contributed by atoms with Gasteiger partial charge in [0, 0.05) is 48.8 Å². The summed E-state index contributed by atoms with van der Waals surface area (Å²) in [7, 11) is 0. The van der Waals surface area contributed by atoms with E-state index < -0.39 is 34.5 Å². The minimum absolute atomic E-state index is 0.0701. The summed E-state index contributed by atoms with van der Waals surface area (Å²) in [4.78, 5) is 31.8. The van der Waals surface area contributed by atoms with Crippen molar-refractivity contribution in [3.05, 3.63) is 71.4 Å². The third-order valence-corrected chi connectivity index (χ3v) is 9.28. The first-order valence-electron chi connectivity index (χ1n) is 17.9. The molecule has 0 atom stereocenters. The number of fused-ring (bicyclic) bond motifs is 3. The number of carbonyl (C=O) groups is 2. The molecule has 12 nitrogen and oxygen atoms in total. The smallest absolute Gasteiger partial charge is 0.417 e. The number of likely N-dealkylation sites (tertiary alicyclic amines) is 1. The van der Waals surface area contributed by atoms with Gasteiger partial charge in [-0.15, -0.1) is 0 Å². The van der Waals surface area contributed by atoms with Crippen molar-refractivity contribution in [2.24, 2.45) is 0 Å². The average Bonchev–Trinajstić information content (AvgIpc) is 3.11. The summed E-state index contributed by atoms with van der Waals surface area (Å²) < 4.78 is 69.7. The van der Waals surface area contributed by atoms with E-state index >= 15 is 0 Å². The van der Waals surface area contributed by atoms with E-state index in [0.717, 1.165) is 51.0 Å². The number of carbonyl (C=O) groups excluding carboxylic acids is 2. The van der Waals surface area contributed by atoms with Crippen molar-refractivity contribution in [1.82, 2.24) is 15.2 Å². The summed E-state index contributed by atoms with van der Waals surface area (Å²) in [5, 5.41) is 8.15. The van der Waals surface area contributed by atoms with Gasteiger partial charge in [0.1, 0.15) is 30.3 Å². The number of piperidine rings is 1. The van der Waals surface area contributed by atoms with Gasteiger partial charge in [0.25, 0.3) is 0 Å². The topological polar surface area (TPSA) is 133 Å². The van der Waals surface area contributed by atoms with Crippen LogP contribution in [0.4, 0.5) is 34.1 Å². The lowest BCUT2D eigenvalue weighted by molar-refractivity contribution is -0.137. The molecule has 55 heavy (non-hydrogen) atoms. The van der Waals surface area contributed by atoms with Crippen LogP contribution in [0.1, 0.15) is 52.5 Å². The zero-order valence-electron chi connectivity index (χ0n) is 30.9. The highest BCUT2D eigenvalue weighted by Crippen LogP contribution is 2.48. The lowest BCUT2D eigenvalue weighted by Gasteiger charge is -2.40. The number of halogens is 4. The van der Waals surface area contributed by atoms with E-state index in [1.54, 1.807) is 42.6 Å². The molecule has 0 spiro atoms. The molecule has 6 rings (SSSR count). The van der Waals surface area contributed by atoms with Gasteiger partial charge in [-0.05, 0) is 95.5 Å². The first kappa shape index (κ1) is 39.5. The molecule has 0 saturated carbocycles. The maximum atomic E-state index is 13.2. The van der Waals surface area contributed by atoms with E-state index in [1.807, 2.05) is 20.8 Å². The number of hydrogen-bond donors (Lipinski definition) is 3. The molecule has 3 aromatic carbocycles. The van der Waals surface area contributed by atoms with E-state index in [4.69, 9.17) is 35.3 Å². The fourth-order valence-electron chi connectivity index (χ4n) is 6.23. The van der Waals surface area contributed by atoms with Crippen molar-refractivity contribution >= 4 is 46.0 Å². The molecular weight excluding hydrogens is 743 g/mol. The Morgan fingerprint density at radius 3 is 2.29 bits per heavy atom. The van der Waals surface area contributed by atoms with Crippen molar-refractivity contribution in [2.75, 3.05) is 50.1 Å². The molecule has 1 aromatic heterocycles. The number of anilines is 2. The summed E-state index contributed by atoms with van der Waals surface area (Å²) in [5.74, 6) is 2.34. The summed E-state index contributed by atoms with van der Waals surface area (Å²) in [6.07, 6.45) is -1.05. The Morgan fingerprint density at radius 1 is 0.927 bits per heavy atom. The Balaban J connectivity index is 1.05. The van der Waals surface area contributed by atoms with Crippen LogP contribution in [0, 0.1) is 0 Å². The highest BCUT2D eigenvalue weighted by molar-refractivity contribution is 6.31. The van der Waals surface area contributed by atoms with Crippen LogP contribution in [0.15, 0.2) is 60.8 Å². The second-order valence-electron chi connectivity index (χ2n) is 14.6. The van der Waals surface area contributed by atoms with Crippen LogP contribution in [0.25, 0.3) is 10.9 Å². The van der Waals surface area contributed by atoms with E-state index in [1.165, 1.54) is 6.07 Å². The van der Waals surface area contributed by atoms with Gasteiger partial charge in [-0.2, -0.15) is 13.2 Å². The molecule has 2 aliphatic heterocycles. The van der Waals surface area contributed by atoms with Gasteiger partial charge in [-0.3, -0.25) is 4.98 Å². The summed E-state index contributed by atoms with van der Waals surface area (Å²) in [5.41, 5.74) is -1.03. The van der Waals surface area contributed by atoms with Crippen LogP contribution < -0.4 is 34.9 Å². The maximum Gasteiger partial charge on any atom is 0.417 e. The van der Waals surface area contributed by atoms with Gasteiger partial charge in [-0.1, -0.05) is 11.6 Å². The number of amides is 3. The zero-order chi connectivity index (χ0) is 39.4. The van der Waals surface area contributed by atoms with Crippen LogP contribution in [0.3, 0.4) is 0 Å². The lowest BCUT2D eigenvalue weighted by Crippen LogP contribution is -2.54. The molecule has 3 amide bonds. The number of nitrogens with one attached hydrogen (secondary N) is 3. The van der Waals surface area contributed by atoms with Crippen molar-refractivity contribution in [1.29, 1.82) is 0 Å². The molecular formula is C39H43ClF3N5O7. The lowest BCUT2D eigenvalue weighted by atomic mass is 9.90. The second-order valence-corrected chi connectivity index (χ2v) is 15.0. The number of aromatic nitrogens is 1. The number of nitrogens with zero attached hydrogens (tertiary/aromatic N) is 2. The minimum Gasteiger partial charge on any atom is -0.489 e. The molecule has 1 saturated heterocycles. The summed E-state index contributed by atoms with van der Waals surface area (Å²) in [6, 6.07) is 12.3.